The van der Waals surface area contributed by atoms with Gasteiger partial charge in [-0.1, -0.05) is 29.1 Å². The van der Waals surface area contributed by atoms with Crippen LogP contribution >= 0.6 is 11.8 Å². The maximum Gasteiger partial charge on any atom is 0.262 e. The molecule has 3 heterocycles. The number of rotatable bonds is 7. The van der Waals surface area contributed by atoms with Crippen LogP contribution in [0.25, 0.3) is 16.7 Å². The van der Waals surface area contributed by atoms with Crippen molar-refractivity contribution in [2.75, 3.05) is 13.7 Å². The Morgan fingerprint density at radius 3 is 2.89 bits per heavy atom. The molecule has 0 aliphatic carbocycles. The number of fused-ring (bicyclic) bond motifs is 3. The third-order valence-electron chi connectivity index (χ3n) is 4.23. The maximum absolute atomic E-state index is 12.9. The summed E-state index contributed by atoms with van der Waals surface area (Å²) >= 11 is 1.51. The minimum absolute atomic E-state index is 0.0646. The first kappa shape index (κ1) is 17.7. The fraction of sp³-hybridized carbons (Fsp3) is 0.333. The molecule has 0 amide bonds. The molecule has 4 rings (SSSR count). The predicted molar refractivity (Wildman–Crippen MR) is 102 cm³/mol. The first-order valence-electron chi connectivity index (χ1n) is 8.59. The van der Waals surface area contributed by atoms with Crippen LogP contribution in [0.3, 0.4) is 0 Å². The van der Waals surface area contributed by atoms with Gasteiger partial charge < -0.3 is 9.26 Å². The summed E-state index contributed by atoms with van der Waals surface area (Å²) < 4.78 is 13.8. The number of hydrogen-bond acceptors (Lipinski definition) is 7. The molecule has 3 aromatic heterocycles. The van der Waals surface area contributed by atoms with Gasteiger partial charge in [0.1, 0.15) is 5.76 Å². The molecule has 0 unspecified atom stereocenters. The fourth-order valence-corrected chi connectivity index (χ4v) is 3.84. The largest absolute Gasteiger partial charge is 0.385 e. The van der Waals surface area contributed by atoms with Gasteiger partial charge in [0.2, 0.25) is 5.78 Å². The van der Waals surface area contributed by atoms with Crippen molar-refractivity contribution in [1.82, 2.24) is 24.3 Å². The summed E-state index contributed by atoms with van der Waals surface area (Å²) in [7, 11) is 1.65. The lowest BCUT2D eigenvalue weighted by atomic mass is 10.2. The van der Waals surface area contributed by atoms with Crippen molar-refractivity contribution < 1.29 is 9.26 Å². The van der Waals surface area contributed by atoms with Gasteiger partial charge in [0.05, 0.1) is 16.6 Å². The third kappa shape index (κ3) is 3.35. The lowest BCUT2D eigenvalue weighted by Crippen LogP contribution is -2.24. The molecule has 0 saturated heterocycles. The molecular weight excluding hydrogens is 366 g/mol. The highest BCUT2D eigenvalue weighted by Crippen LogP contribution is 2.24. The summed E-state index contributed by atoms with van der Waals surface area (Å²) in [6.07, 6.45) is 0.720. The Morgan fingerprint density at radius 1 is 1.26 bits per heavy atom. The second-order valence-electron chi connectivity index (χ2n) is 6.16. The Labute approximate surface area is 159 Å². The highest BCUT2D eigenvalue weighted by atomic mass is 32.2. The van der Waals surface area contributed by atoms with Gasteiger partial charge in [-0.05, 0) is 25.5 Å². The van der Waals surface area contributed by atoms with Crippen molar-refractivity contribution in [3.63, 3.8) is 0 Å². The number of aryl methyl sites for hydroxylation is 2. The van der Waals surface area contributed by atoms with E-state index in [2.05, 4.69) is 15.4 Å². The van der Waals surface area contributed by atoms with E-state index in [0.29, 0.717) is 35.2 Å². The molecule has 8 nitrogen and oxygen atoms in total. The van der Waals surface area contributed by atoms with Crippen molar-refractivity contribution >= 4 is 28.4 Å². The van der Waals surface area contributed by atoms with Gasteiger partial charge in [0, 0.05) is 32.1 Å². The normalized spacial score (nSPS) is 11.6. The molecule has 0 saturated carbocycles. The van der Waals surface area contributed by atoms with E-state index in [1.807, 2.05) is 41.7 Å². The average molecular weight is 385 g/mol. The maximum atomic E-state index is 12.9. The molecule has 1 aromatic carbocycles. The standard InChI is InChI=1S/C18H19N5O3S/c1-12-10-13(21-26-12)11-27-18-20-19-17-22(8-5-9-25-2)16(24)14-6-3-4-7-15(14)23(17)18/h3-4,6-7,10H,5,8-9,11H2,1-2H3. The number of hydrogen-bond donors (Lipinski definition) is 0. The van der Waals surface area contributed by atoms with E-state index in [0.717, 1.165) is 23.4 Å². The number of para-hydroxylation sites is 1. The van der Waals surface area contributed by atoms with Gasteiger partial charge >= 0.3 is 0 Å². The van der Waals surface area contributed by atoms with E-state index < -0.39 is 0 Å². The second-order valence-corrected chi connectivity index (χ2v) is 7.10. The summed E-state index contributed by atoms with van der Waals surface area (Å²) in [5.74, 6) is 1.91. The molecule has 4 aromatic rings. The molecule has 0 atom stereocenters. The first-order valence-corrected chi connectivity index (χ1v) is 9.58. The summed E-state index contributed by atoms with van der Waals surface area (Å²) in [4.78, 5) is 12.9. The Hall–Kier alpha value is -2.65. The molecule has 0 N–H and O–H groups in total. The lowest BCUT2D eigenvalue weighted by molar-refractivity contribution is 0.190. The first-order chi connectivity index (χ1) is 13.2. The lowest BCUT2D eigenvalue weighted by Gasteiger charge is -2.10. The molecule has 0 aliphatic heterocycles. The van der Waals surface area contributed by atoms with Crippen molar-refractivity contribution in [2.24, 2.45) is 0 Å². The smallest absolute Gasteiger partial charge is 0.262 e. The zero-order valence-corrected chi connectivity index (χ0v) is 15.9. The highest BCUT2D eigenvalue weighted by molar-refractivity contribution is 7.98. The van der Waals surface area contributed by atoms with Crippen LogP contribution in [-0.2, 0) is 17.0 Å². The molecule has 27 heavy (non-hydrogen) atoms. The zero-order chi connectivity index (χ0) is 18.8. The van der Waals surface area contributed by atoms with E-state index in [9.17, 15) is 4.79 Å². The number of thioether (sulfide) groups is 1. The number of nitrogens with zero attached hydrogens (tertiary/aromatic N) is 5. The topological polar surface area (TPSA) is 87.5 Å². The van der Waals surface area contributed by atoms with Crippen LogP contribution in [0.15, 0.2) is 44.8 Å². The summed E-state index contributed by atoms with van der Waals surface area (Å²) in [6.45, 7) is 2.96. The monoisotopic (exact) mass is 385 g/mol. The molecule has 0 radical (unpaired) electrons. The van der Waals surface area contributed by atoms with Gasteiger partial charge in [0.15, 0.2) is 5.16 Å². The van der Waals surface area contributed by atoms with Gasteiger partial charge in [-0.3, -0.25) is 13.8 Å². The quantitative estimate of drug-likeness (QED) is 0.357. The Bertz CT molecular complexity index is 1150. The molecule has 0 spiro atoms. The summed E-state index contributed by atoms with van der Waals surface area (Å²) in [6, 6.07) is 9.42. The van der Waals surface area contributed by atoms with Gasteiger partial charge in [0.25, 0.3) is 5.56 Å². The second kappa shape index (κ2) is 7.53. The highest BCUT2D eigenvalue weighted by Gasteiger charge is 2.17. The van der Waals surface area contributed by atoms with Gasteiger partial charge in [-0.15, -0.1) is 10.2 Å². The Kier molecular flexibility index (Phi) is 4.95. The minimum atomic E-state index is -0.0646. The van der Waals surface area contributed by atoms with Crippen molar-refractivity contribution in [3.05, 3.63) is 52.1 Å². The van der Waals surface area contributed by atoms with Crippen molar-refractivity contribution in [1.29, 1.82) is 0 Å². The average Bonchev–Trinajstić information content (AvgIpc) is 3.29. The molecule has 0 aliphatic rings. The van der Waals surface area contributed by atoms with E-state index >= 15 is 0 Å². The van der Waals surface area contributed by atoms with Crippen LogP contribution in [0.5, 0.6) is 0 Å². The predicted octanol–water partition coefficient (Wildman–Crippen LogP) is 2.67. The summed E-state index contributed by atoms with van der Waals surface area (Å²) in [5, 5.41) is 14.0. The molecule has 0 fully saturated rings. The fourth-order valence-electron chi connectivity index (χ4n) is 3.02. The molecule has 140 valence electrons. The SMILES string of the molecule is COCCCn1c(=O)c2ccccc2n2c(SCc3cc(C)on3)nnc12. The van der Waals surface area contributed by atoms with Crippen LogP contribution in [0.4, 0.5) is 0 Å². The minimum Gasteiger partial charge on any atom is -0.385 e. The number of benzene rings is 1. The van der Waals surface area contributed by atoms with Gasteiger partial charge in [-0.2, -0.15) is 0 Å². The van der Waals surface area contributed by atoms with E-state index in [1.165, 1.54) is 11.8 Å². The van der Waals surface area contributed by atoms with E-state index in [4.69, 9.17) is 9.26 Å². The zero-order valence-electron chi connectivity index (χ0n) is 15.1. The van der Waals surface area contributed by atoms with Crippen LogP contribution in [0.2, 0.25) is 0 Å². The van der Waals surface area contributed by atoms with E-state index in [-0.39, 0.29) is 5.56 Å². The van der Waals surface area contributed by atoms with Crippen LogP contribution in [0.1, 0.15) is 17.9 Å². The van der Waals surface area contributed by atoms with Crippen LogP contribution in [-0.4, -0.2) is 38.0 Å². The van der Waals surface area contributed by atoms with Gasteiger partial charge in [-0.25, -0.2) is 0 Å². The summed E-state index contributed by atoms with van der Waals surface area (Å²) in [5.41, 5.74) is 1.57. The van der Waals surface area contributed by atoms with E-state index in [1.54, 1.807) is 11.7 Å². The molecule has 9 heteroatoms. The molecule has 0 bridgehead atoms. The van der Waals surface area contributed by atoms with Crippen LogP contribution in [0, 0.1) is 6.92 Å². The van der Waals surface area contributed by atoms with Crippen molar-refractivity contribution in [2.45, 2.75) is 30.8 Å². The number of ether oxygens (including phenoxy) is 1. The van der Waals surface area contributed by atoms with Crippen molar-refractivity contribution in [3.8, 4) is 0 Å². The number of methoxy groups -OCH3 is 1. The Morgan fingerprint density at radius 2 is 2.11 bits per heavy atom. The number of aromatic nitrogens is 5. The Balaban J connectivity index is 1.80. The molecular formula is C18H19N5O3S. The third-order valence-corrected chi connectivity index (χ3v) is 5.20. The van der Waals surface area contributed by atoms with Crippen LogP contribution < -0.4 is 5.56 Å².